The molecule has 0 saturated carbocycles. The van der Waals surface area contributed by atoms with Crippen LogP contribution < -0.4 is 5.32 Å². The number of furan rings is 1. The van der Waals surface area contributed by atoms with Gasteiger partial charge >= 0.3 is 0 Å². The van der Waals surface area contributed by atoms with Gasteiger partial charge in [0.25, 0.3) is 0 Å². The largest absolute Gasteiger partial charge is 0.457 e. The summed E-state index contributed by atoms with van der Waals surface area (Å²) in [5.41, 5.74) is 5.94. The first-order chi connectivity index (χ1) is 16.4. The number of amides is 1. The highest BCUT2D eigenvalue weighted by molar-refractivity contribution is 6.31. The van der Waals surface area contributed by atoms with Gasteiger partial charge in [0.05, 0.1) is 0 Å². The van der Waals surface area contributed by atoms with E-state index in [2.05, 4.69) is 10.3 Å². The molecule has 0 aliphatic rings. The molecule has 1 N–H and O–H groups in total. The third-order valence-corrected chi connectivity index (χ3v) is 5.81. The quantitative estimate of drug-likeness (QED) is 0.268. The summed E-state index contributed by atoms with van der Waals surface area (Å²) in [7, 11) is 0. The summed E-state index contributed by atoms with van der Waals surface area (Å²) >= 11 is 6.21. The summed E-state index contributed by atoms with van der Waals surface area (Å²) < 4.78 is 11.7. The molecule has 0 radical (unpaired) electrons. The van der Waals surface area contributed by atoms with Crippen molar-refractivity contribution in [3.63, 3.8) is 0 Å². The first-order valence-corrected chi connectivity index (χ1v) is 11.2. The van der Waals surface area contributed by atoms with Crippen LogP contribution in [0, 0.1) is 13.8 Å². The van der Waals surface area contributed by atoms with E-state index in [1.165, 1.54) is 6.08 Å². The van der Waals surface area contributed by atoms with Gasteiger partial charge in [-0.05, 0) is 79.6 Å². The molecular formula is C28H21ClN2O3. The number of hydrogen-bond donors (Lipinski definition) is 1. The summed E-state index contributed by atoms with van der Waals surface area (Å²) in [6, 6.07) is 22.7. The highest BCUT2D eigenvalue weighted by Gasteiger charge is 2.10. The first kappa shape index (κ1) is 21.7. The molecule has 5 rings (SSSR count). The van der Waals surface area contributed by atoms with Crippen LogP contribution in [0.5, 0.6) is 0 Å². The average Bonchev–Trinajstić information content (AvgIpc) is 3.47. The first-order valence-electron chi connectivity index (χ1n) is 10.8. The van der Waals surface area contributed by atoms with E-state index in [4.69, 9.17) is 20.4 Å². The minimum absolute atomic E-state index is 0.276. The Labute approximate surface area is 201 Å². The van der Waals surface area contributed by atoms with Crippen molar-refractivity contribution in [1.82, 2.24) is 4.98 Å². The second-order valence-electron chi connectivity index (χ2n) is 8.06. The van der Waals surface area contributed by atoms with Crippen molar-refractivity contribution >= 4 is 40.4 Å². The van der Waals surface area contributed by atoms with Gasteiger partial charge in [-0.15, -0.1) is 0 Å². The summed E-state index contributed by atoms with van der Waals surface area (Å²) in [6.45, 7) is 3.96. The van der Waals surface area contributed by atoms with Crippen LogP contribution >= 0.6 is 11.6 Å². The minimum Gasteiger partial charge on any atom is -0.457 e. The van der Waals surface area contributed by atoms with E-state index in [0.717, 1.165) is 33.4 Å². The lowest BCUT2D eigenvalue weighted by Gasteiger charge is -2.03. The van der Waals surface area contributed by atoms with Gasteiger partial charge in [0.1, 0.15) is 17.0 Å². The molecule has 0 bridgehead atoms. The van der Waals surface area contributed by atoms with Crippen LogP contribution in [0.15, 0.2) is 87.7 Å². The van der Waals surface area contributed by atoms with E-state index in [1.54, 1.807) is 6.08 Å². The van der Waals surface area contributed by atoms with Crippen LogP contribution in [-0.4, -0.2) is 10.9 Å². The van der Waals surface area contributed by atoms with Crippen LogP contribution in [-0.2, 0) is 4.79 Å². The Morgan fingerprint density at radius 2 is 1.82 bits per heavy atom. The maximum atomic E-state index is 12.5. The van der Waals surface area contributed by atoms with Gasteiger partial charge in [0.2, 0.25) is 11.8 Å². The van der Waals surface area contributed by atoms with Crippen LogP contribution in [0.1, 0.15) is 16.9 Å². The molecule has 6 heteroatoms. The number of halogens is 1. The van der Waals surface area contributed by atoms with E-state index in [-0.39, 0.29) is 5.91 Å². The molecule has 0 fully saturated rings. The summed E-state index contributed by atoms with van der Waals surface area (Å²) in [5.74, 6) is 1.48. The molecule has 2 heterocycles. The van der Waals surface area contributed by atoms with Crippen molar-refractivity contribution in [2.24, 2.45) is 0 Å². The molecule has 5 aromatic rings. The number of aromatic nitrogens is 1. The van der Waals surface area contributed by atoms with Gasteiger partial charge in [-0.2, -0.15) is 0 Å². The Hall–Kier alpha value is -4.09. The molecule has 168 valence electrons. The molecule has 0 aliphatic carbocycles. The molecule has 3 aromatic carbocycles. The number of carbonyl (C=O) groups is 1. The standard InChI is InChI=1S/C28H21ClN2O3/c1-17-6-11-24-26(14-17)34-28(31-24)20-4-3-5-21(15-20)30-27(32)13-10-22-9-12-25(33-22)19-8-7-18(2)23(29)16-19/h3-16H,1-2H3,(H,30,32). The van der Waals surface area contributed by atoms with Crippen LogP contribution in [0.3, 0.4) is 0 Å². The van der Waals surface area contributed by atoms with Crippen molar-refractivity contribution < 1.29 is 13.6 Å². The SMILES string of the molecule is Cc1ccc2nc(-c3cccc(NC(=O)C=Cc4ccc(-c5ccc(C)c(Cl)c5)o4)c3)oc2c1. The van der Waals surface area contributed by atoms with Gasteiger partial charge in [-0.25, -0.2) is 4.98 Å². The molecule has 0 spiro atoms. The monoisotopic (exact) mass is 468 g/mol. The van der Waals surface area contributed by atoms with Crippen molar-refractivity contribution in [3.8, 4) is 22.8 Å². The Balaban J connectivity index is 1.28. The molecule has 5 nitrogen and oxygen atoms in total. The van der Waals surface area contributed by atoms with E-state index in [1.807, 2.05) is 86.6 Å². The normalized spacial score (nSPS) is 11.4. The number of oxazole rings is 1. The molecule has 2 aromatic heterocycles. The van der Waals surface area contributed by atoms with Crippen molar-refractivity contribution in [3.05, 3.63) is 101 Å². The summed E-state index contributed by atoms with van der Waals surface area (Å²) in [6.07, 6.45) is 3.06. The molecular weight excluding hydrogens is 448 g/mol. The van der Waals surface area contributed by atoms with E-state index < -0.39 is 0 Å². The lowest BCUT2D eigenvalue weighted by Crippen LogP contribution is -2.07. The number of nitrogens with one attached hydrogen (secondary N) is 1. The predicted molar refractivity (Wildman–Crippen MR) is 136 cm³/mol. The zero-order chi connectivity index (χ0) is 23.7. The number of anilines is 1. The number of rotatable bonds is 5. The topological polar surface area (TPSA) is 68.3 Å². The fourth-order valence-electron chi connectivity index (χ4n) is 3.57. The van der Waals surface area contributed by atoms with Crippen molar-refractivity contribution in [2.75, 3.05) is 5.32 Å². The van der Waals surface area contributed by atoms with Gasteiger partial charge in [0.15, 0.2) is 5.58 Å². The fraction of sp³-hybridized carbons (Fsp3) is 0.0714. The highest BCUT2D eigenvalue weighted by atomic mass is 35.5. The van der Waals surface area contributed by atoms with Crippen LogP contribution in [0.2, 0.25) is 5.02 Å². The maximum Gasteiger partial charge on any atom is 0.248 e. The number of aryl methyl sites for hydroxylation is 2. The molecule has 0 aliphatic heterocycles. The van der Waals surface area contributed by atoms with E-state index in [0.29, 0.717) is 28.1 Å². The number of fused-ring (bicyclic) bond motifs is 1. The Morgan fingerprint density at radius 3 is 2.68 bits per heavy atom. The van der Waals surface area contributed by atoms with Gasteiger partial charge in [-0.1, -0.05) is 35.9 Å². The molecule has 0 atom stereocenters. The lowest BCUT2D eigenvalue weighted by atomic mass is 10.1. The average molecular weight is 469 g/mol. The number of carbonyl (C=O) groups excluding carboxylic acids is 1. The van der Waals surface area contributed by atoms with E-state index in [9.17, 15) is 4.79 Å². The maximum absolute atomic E-state index is 12.5. The van der Waals surface area contributed by atoms with Crippen LogP contribution in [0.25, 0.3) is 40.0 Å². The zero-order valence-corrected chi connectivity index (χ0v) is 19.4. The van der Waals surface area contributed by atoms with Gasteiger partial charge < -0.3 is 14.2 Å². The van der Waals surface area contributed by atoms with E-state index >= 15 is 0 Å². The third kappa shape index (κ3) is 4.65. The molecule has 1 amide bonds. The van der Waals surface area contributed by atoms with Crippen molar-refractivity contribution in [1.29, 1.82) is 0 Å². The summed E-state index contributed by atoms with van der Waals surface area (Å²) in [4.78, 5) is 17.0. The smallest absolute Gasteiger partial charge is 0.248 e. The van der Waals surface area contributed by atoms with Crippen molar-refractivity contribution in [2.45, 2.75) is 13.8 Å². The fourth-order valence-corrected chi connectivity index (χ4v) is 3.75. The minimum atomic E-state index is -0.276. The zero-order valence-electron chi connectivity index (χ0n) is 18.6. The molecule has 0 saturated heterocycles. The predicted octanol–water partition coefficient (Wildman–Crippen LogP) is 7.68. The summed E-state index contributed by atoms with van der Waals surface area (Å²) in [5, 5.41) is 3.54. The number of hydrogen-bond acceptors (Lipinski definition) is 4. The number of nitrogens with zero attached hydrogens (tertiary/aromatic N) is 1. The van der Waals surface area contributed by atoms with Crippen LogP contribution in [0.4, 0.5) is 5.69 Å². The Morgan fingerprint density at radius 1 is 0.941 bits per heavy atom. The lowest BCUT2D eigenvalue weighted by molar-refractivity contribution is -0.111. The molecule has 0 unspecified atom stereocenters. The Kier molecular flexibility index (Phi) is 5.78. The second-order valence-corrected chi connectivity index (χ2v) is 8.47. The number of benzene rings is 3. The molecule has 34 heavy (non-hydrogen) atoms. The Bertz CT molecular complexity index is 1540. The van der Waals surface area contributed by atoms with Gasteiger partial charge in [-0.3, -0.25) is 4.79 Å². The highest BCUT2D eigenvalue weighted by Crippen LogP contribution is 2.28. The third-order valence-electron chi connectivity index (χ3n) is 5.40. The second kappa shape index (κ2) is 9.04. The van der Waals surface area contributed by atoms with Gasteiger partial charge in [0, 0.05) is 27.9 Å².